The van der Waals surface area contributed by atoms with Crippen molar-refractivity contribution in [2.24, 2.45) is 0 Å². The molecular formula is C16H18ClNO2. The van der Waals surface area contributed by atoms with Crippen molar-refractivity contribution < 1.29 is 9.84 Å². The van der Waals surface area contributed by atoms with Crippen molar-refractivity contribution >= 4 is 11.6 Å². The van der Waals surface area contributed by atoms with Crippen LogP contribution >= 0.6 is 11.6 Å². The minimum absolute atomic E-state index is 0.525. The number of aliphatic hydroxyl groups is 1. The maximum Gasteiger partial charge on any atom is 0.137 e. The van der Waals surface area contributed by atoms with Gasteiger partial charge in [-0.05, 0) is 25.5 Å². The molecule has 1 unspecified atom stereocenters. The van der Waals surface area contributed by atoms with Gasteiger partial charge in [0, 0.05) is 22.3 Å². The Hall–Kier alpha value is -1.58. The lowest BCUT2D eigenvalue weighted by Crippen LogP contribution is -2.23. The molecule has 0 aliphatic rings. The number of aromatic nitrogens is 1. The van der Waals surface area contributed by atoms with Gasteiger partial charge >= 0.3 is 0 Å². The SMILES string of the molecule is CCCOc1cncc(C(C)(O)c2ccccc2Cl)c1. The van der Waals surface area contributed by atoms with E-state index in [2.05, 4.69) is 4.98 Å². The molecule has 0 fully saturated rings. The van der Waals surface area contributed by atoms with Gasteiger partial charge in [-0.3, -0.25) is 4.98 Å². The van der Waals surface area contributed by atoms with E-state index in [1.165, 1.54) is 0 Å². The first kappa shape index (κ1) is 14.8. The molecule has 0 saturated carbocycles. The van der Waals surface area contributed by atoms with Gasteiger partial charge in [0.25, 0.3) is 0 Å². The van der Waals surface area contributed by atoms with Gasteiger partial charge in [-0.1, -0.05) is 36.7 Å². The topological polar surface area (TPSA) is 42.4 Å². The van der Waals surface area contributed by atoms with Crippen LogP contribution in [0.3, 0.4) is 0 Å². The predicted octanol–water partition coefficient (Wildman–Crippen LogP) is 3.78. The van der Waals surface area contributed by atoms with Gasteiger partial charge in [0.1, 0.15) is 11.4 Å². The Morgan fingerprint density at radius 1 is 1.30 bits per heavy atom. The van der Waals surface area contributed by atoms with Crippen molar-refractivity contribution in [3.05, 3.63) is 58.9 Å². The highest BCUT2D eigenvalue weighted by Gasteiger charge is 2.28. The average Bonchev–Trinajstić information content (AvgIpc) is 2.45. The molecular weight excluding hydrogens is 274 g/mol. The molecule has 0 radical (unpaired) electrons. The molecule has 106 valence electrons. The highest BCUT2D eigenvalue weighted by Crippen LogP contribution is 2.34. The first-order valence-electron chi connectivity index (χ1n) is 6.61. The largest absolute Gasteiger partial charge is 0.492 e. The van der Waals surface area contributed by atoms with Gasteiger partial charge in [-0.2, -0.15) is 0 Å². The third-order valence-electron chi connectivity index (χ3n) is 3.15. The Kier molecular flexibility index (Phi) is 4.63. The summed E-state index contributed by atoms with van der Waals surface area (Å²) in [5.41, 5.74) is 0.0898. The van der Waals surface area contributed by atoms with Gasteiger partial charge in [0.2, 0.25) is 0 Å². The zero-order valence-electron chi connectivity index (χ0n) is 11.6. The van der Waals surface area contributed by atoms with Gasteiger partial charge in [0.05, 0.1) is 12.8 Å². The van der Waals surface area contributed by atoms with Crippen molar-refractivity contribution in [2.75, 3.05) is 6.61 Å². The predicted molar refractivity (Wildman–Crippen MR) is 80.1 cm³/mol. The van der Waals surface area contributed by atoms with Gasteiger partial charge < -0.3 is 9.84 Å². The van der Waals surface area contributed by atoms with Crippen molar-refractivity contribution in [1.29, 1.82) is 0 Å². The highest BCUT2D eigenvalue weighted by atomic mass is 35.5. The smallest absolute Gasteiger partial charge is 0.137 e. The Labute approximate surface area is 124 Å². The number of halogens is 1. The van der Waals surface area contributed by atoms with E-state index in [-0.39, 0.29) is 0 Å². The molecule has 1 aromatic heterocycles. The van der Waals surface area contributed by atoms with Gasteiger partial charge in [0.15, 0.2) is 0 Å². The number of benzene rings is 1. The first-order chi connectivity index (χ1) is 9.55. The number of hydrogen-bond donors (Lipinski definition) is 1. The van der Waals surface area contributed by atoms with Gasteiger partial charge in [-0.15, -0.1) is 0 Å². The van der Waals surface area contributed by atoms with Crippen LogP contribution in [0.25, 0.3) is 0 Å². The van der Waals surface area contributed by atoms with E-state index in [4.69, 9.17) is 16.3 Å². The van der Waals surface area contributed by atoms with Crippen LogP contribution in [0.4, 0.5) is 0 Å². The van der Waals surface area contributed by atoms with E-state index >= 15 is 0 Å². The second-order valence-electron chi connectivity index (χ2n) is 4.81. The zero-order chi connectivity index (χ0) is 14.6. The highest BCUT2D eigenvalue weighted by molar-refractivity contribution is 6.31. The van der Waals surface area contributed by atoms with E-state index in [9.17, 15) is 5.11 Å². The van der Waals surface area contributed by atoms with Crippen molar-refractivity contribution in [1.82, 2.24) is 4.98 Å². The molecule has 0 saturated heterocycles. The standard InChI is InChI=1S/C16H18ClNO2/c1-3-8-20-13-9-12(10-18-11-13)16(2,19)14-6-4-5-7-15(14)17/h4-7,9-11,19H,3,8H2,1-2H3. The summed E-state index contributed by atoms with van der Waals surface area (Å²) in [6.07, 6.45) is 4.19. The van der Waals surface area contributed by atoms with Crippen molar-refractivity contribution in [2.45, 2.75) is 25.9 Å². The van der Waals surface area contributed by atoms with Crippen LogP contribution in [0.1, 0.15) is 31.4 Å². The lowest BCUT2D eigenvalue weighted by atomic mass is 9.89. The summed E-state index contributed by atoms with van der Waals surface area (Å²) in [6, 6.07) is 9.05. The summed E-state index contributed by atoms with van der Waals surface area (Å²) < 4.78 is 5.55. The van der Waals surface area contributed by atoms with Crippen LogP contribution in [0, 0.1) is 0 Å². The Balaban J connectivity index is 2.36. The maximum atomic E-state index is 10.8. The average molecular weight is 292 g/mol. The first-order valence-corrected chi connectivity index (χ1v) is 6.99. The molecule has 0 bridgehead atoms. The molecule has 1 atom stereocenters. The van der Waals surface area contributed by atoms with Gasteiger partial charge in [-0.25, -0.2) is 0 Å². The third-order valence-corrected chi connectivity index (χ3v) is 3.48. The third kappa shape index (κ3) is 3.11. The van der Waals surface area contributed by atoms with Crippen LogP contribution in [-0.4, -0.2) is 16.7 Å². The molecule has 0 aliphatic heterocycles. The number of nitrogens with zero attached hydrogens (tertiary/aromatic N) is 1. The number of ether oxygens (including phenoxy) is 1. The molecule has 3 nitrogen and oxygen atoms in total. The minimum Gasteiger partial charge on any atom is -0.492 e. The summed E-state index contributed by atoms with van der Waals surface area (Å²) in [5.74, 6) is 0.650. The van der Waals surface area contributed by atoms with E-state index in [1.807, 2.05) is 25.1 Å². The molecule has 2 rings (SSSR count). The quantitative estimate of drug-likeness (QED) is 0.911. The van der Waals surface area contributed by atoms with E-state index in [0.29, 0.717) is 28.5 Å². The number of rotatable bonds is 5. The van der Waals surface area contributed by atoms with Crippen LogP contribution in [0.15, 0.2) is 42.7 Å². The molecule has 0 spiro atoms. The van der Waals surface area contributed by atoms with Crippen LogP contribution in [0.2, 0.25) is 5.02 Å². The Morgan fingerprint density at radius 3 is 2.75 bits per heavy atom. The minimum atomic E-state index is -1.21. The fraction of sp³-hybridized carbons (Fsp3) is 0.312. The zero-order valence-corrected chi connectivity index (χ0v) is 12.4. The second-order valence-corrected chi connectivity index (χ2v) is 5.22. The molecule has 20 heavy (non-hydrogen) atoms. The lowest BCUT2D eigenvalue weighted by molar-refractivity contribution is 0.101. The Bertz CT molecular complexity index is 584. The van der Waals surface area contributed by atoms with E-state index in [1.54, 1.807) is 31.5 Å². The molecule has 0 amide bonds. The molecule has 1 N–H and O–H groups in total. The molecule has 0 aliphatic carbocycles. The Morgan fingerprint density at radius 2 is 2.05 bits per heavy atom. The fourth-order valence-corrected chi connectivity index (χ4v) is 2.32. The normalized spacial score (nSPS) is 13.8. The van der Waals surface area contributed by atoms with E-state index in [0.717, 1.165) is 6.42 Å². The second kappa shape index (κ2) is 6.25. The van der Waals surface area contributed by atoms with Crippen LogP contribution in [0.5, 0.6) is 5.75 Å². The number of hydrogen-bond acceptors (Lipinski definition) is 3. The monoisotopic (exact) mass is 291 g/mol. The fourth-order valence-electron chi connectivity index (χ4n) is 2.00. The summed E-state index contributed by atoms with van der Waals surface area (Å²) in [6.45, 7) is 4.37. The lowest BCUT2D eigenvalue weighted by Gasteiger charge is -2.25. The molecule has 2 aromatic rings. The maximum absolute atomic E-state index is 10.8. The van der Waals surface area contributed by atoms with Crippen molar-refractivity contribution in [3.8, 4) is 5.75 Å². The summed E-state index contributed by atoms with van der Waals surface area (Å²) in [5, 5.41) is 11.3. The summed E-state index contributed by atoms with van der Waals surface area (Å²) in [7, 11) is 0. The molecule has 1 aromatic carbocycles. The summed E-state index contributed by atoms with van der Waals surface area (Å²) >= 11 is 6.17. The van der Waals surface area contributed by atoms with Crippen LogP contribution < -0.4 is 4.74 Å². The molecule has 1 heterocycles. The van der Waals surface area contributed by atoms with Crippen LogP contribution in [-0.2, 0) is 5.60 Å². The molecule has 4 heteroatoms. The number of pyridine rings is 1. The van der Waals surface area contributed by atoms with E-state index < -0.39 is 5.60 Å². The van der Waals surface area contributed by atoms with Crippen molar-refractivity contribution in [3.63, 3.8) is 0 Å². The summed E-state index contributed by atoms with van der Waals surface area (Å²) in [4.78, 5) is 4.13.